The van der Waals surface area contributed by atoms with Crippen LogP contribution in [0.5, 0.6) is 0 Å². The van der Waals surface area contributed by atoms with E-state index in [1.807, 2.05) is 62.4 Å². The van der Waals surface area contributed by atoms with E-state index < -0.39 is 17.7 Å². The van der Waals surface area contributed by atoms with Gasteiger partial charge in [0.05, 0.1) is 0 Å². The van der Waals surface area contributed by atoms with Crippen LogP contribution >= 0.6 is 0 Å². The molecule has 2 atom stereocenters. The van der Waals surface area contributed by atoms with Gasteiger partial charge in [-0.1, -0.05) is 62.9 Å². The summed E-state index contributed by atoms with van der Waals surface area (Å²) in [6, 6.07) is 13.8. The zero-order valence-corrected chi connectivity index (χ0v) is 23.8. The van der Waals surface area contributed by atoms with Gasteiger partial charge in [0.25, 0.3) is 5.91 Å². The fraction of sp³-hybridized carbons (Fsp3) is 0.452. The molecule has 7 heteroatoms. The first-order valence-corrected chi connectivity index (χ1v) is 13.2. The lowest BCUT2D eigenvalue weighted by Gasteiger charge is -2.37. The molecule has 0 fully saturated rings. The number of nitrogens with one attached hydrogen (secondary N) is 2. The van der Waals surface area contributed by atoms with Crippen LogP contribution in [-0.2, 0) is 14.3 Å². The van der Waals surface area contributed by atoms with Crippen LogP contribution in [0.15, 0.2) is 55.1 Å². The number of para-hydroxylation sites is 1. The molecule has 2 unspecified atom stereocenters. The Morgan fingerprint density at radius 1 is 1.03 bits per heavy atom. The van der Waals surface area contributed by atoms with Crippen molar-refractivity contribution in [2.45, 2.75) is 79.0 Å². The molecule has 0 spiro atoms. The number of hydrogen-bond acceptors (Lipinski definition) is 4. The molecule has 206 valence electrons. The van der Waals surface area contributed by atoms with Gasteiger partial charge in [0.15, 0.2) is 0 Å². The van der Waals surface area contributed by atoms with Crippen molar-refractivity contribution in [3.8, 4) is 0 Å². The van der Waals surface area contributed by atoms with Crippen LogP contribution in [0, 0.1) is 12.8 Å². The summed E-state index contributed by atoms with van der Waals surface area (Å²) in [7, 11) is 0. The van der Waals surface area contributed by atoms with Crippen molar-refractivity contribution in [1.82, 2.24) is 10.2 Å². The number of amides is 3. The van der Waals surface area contributed by atoms with Crippen LogP contribution < -0.4 is 10.6 Å². The number of anilines is 1. The van der Waals surface area contributed by atoms with Crippen molar-refractivity contribution >= 4 is 29.7 Å². The van der Waals surface area contributed by atoms with Crippen molar-refractivity contribution < 1.29 is 19.1 Å². The van der Waals surface area contributed by atoms with Gasteiger partial charge in [-0.2, -0.15) is 0 Å². The minimum Gasteiger partial charge on any atom is -0.444 e. The maximum absolute atomic E-state index is 13.9. The predicted octanol–water partition coefficient (Wildman–Crippen LogP) is 6.50. The molecular weight excluding hydrogens is 478 g/mol. The fourth-order valence-electron chi connectivity index (χ4n) is 4.12. The normalized spacial score (nSPS) is 12.8. The molecular formula is C31H43N3O4. The average molecular weight is 522 g/mol. The SMILES string of the molecule is C=Cc1cccc(C(C(=O)Nc2ccccc2C)N(C(=O)CNC(=O)OC(C)(C)C)C(C)CCC(C)C)c1. The number of nitrogens with zero attached hydrogens (tertiary/aromatic N) is 1. The molecule has 0 heterocycles. The molecule has 2 N–H and O–H groups in total. The highest BCUT2D eigenvalue weighted by molar-refractivity contribution is 5.99. The summed E-state index contributed by atoms with van der Waals surface area (Å²) in [6.45, 7) is 16.9. The van der Waals surface area contributed by atoms with Crippen molar-refractivity contribution in [1.29, 1.82) is 0 Å². The zero-order chi connectivity index (χ0) is 28.5. The highest BCUT2D eigenvalue weighted by atomic mass is 16.6. The number of benzene rings is 2. The summed E-state index contributed by atoms with van der Waals surface area (Å²) in [4.78, 5) is 41.6. The Hall–Kier alpha value is -3.61. The Morgan fingerprint density at radius 3 is 2.32 bits per heavy atom. The van der Waals surface area contributed by atoms with Gasteiger partial charge in [0.1, 0.15) is 18.2 Å². The van der Waals surface area contributed by atoms with Gasteiger partial charge in [0, 0.05) is 11.7 Å². The minimum absolute atomic E-state index is 0.273. The second-order valence-electron chi connectivity index (χ2n) is 11.1. The summed E-state index contributed by atoms with van der Waals surface area (Å²) in [6.07, 6.45) is 2.60. The summed E-state index contributed by atoms with van der Waals surface area (Å²) in [5.41, 5.74) is 2.40. The molecule has 0 aromatic heterocycles. The third-order valence-corrected chi connectivity index (χ3v) is 6.10. The first-order valence-electron chi connectivity index (χ1n) is 13.2. The van der Waals surface area contributed by atoms with E-state index in [1.165, 1.54) is 0 Å². The van der Waals surface area contributed by atoms with Gasteiger partial charge in [-0.25, -0.2) is 4.79 Å². The van der Waals surface area contributed by atoms with Crippen molar-refractivity contribution in [2.75, 3.05) is 11.9 Å². The van der Waals surface area contributed by atoms with E-state index in [0.717, 1.165) is 17.5 Å². The Bertz CT molecular complexity index is 1120. The zero-order valence-electron chi connectivity index (χ0n) is 23.8. The lowest BCUT2D eigenvalue weighted by Crippen LogP contribution is -2.50. The quantitative estimate of drug-likeness (QED) is 0.353. The Labute approximate surface area is 227 Å². The van der Waals surface area contributed by atoms with Crippen LogP contribution in [-0.4, -0.2) is 41.0 Å². The third kappa shape index (κ3) is 9.36. The topological polar surface area (TPSA) is 87.7 Å². The van der Waals surface area contributed by atoms with Gasteiger partial charge < -0.3 is 20.3 Å². The predicted molar refractivity (Wildman–Crippen MR) is 154 cm³/mol. The molecule has 0 aliphatic carbocycles. The molecule has 2 aromatic carbocycles. The summed E-state index contributed by atoms with van der Waals surface area (Å²) in [5, 5.41) is 5.59. The molecule has 2 rings (SSSR count). The monoisotopic (exact) mass is 521 g/mol. The number of carbonyl (C=O) groups excluding carboxylic acids is 3. The minimum atomic E-state index is -0.926. The molecule has 0 radical (unpaired) electrons. The van der Waals surface area contributed by atoms with E-state index in [0.29, 0.717) is 23.6 Å². The molecule has 0 bridgehead atoms. The molecule has 0 saturated carbocycles. The molecule has 0 aliphatic rings. The molecule has 7 nitrogen and oxygen atoms in total. The number of rotatable bonds is 11. The number of alkyl carbamates (subject to hydrolysis) is 1. The number of carbonyl (C=O) groups is 3. The lowest BCUT2D eigenvalue weighted by molar-refractivity contribution is -0.140. The van der Waals surface area contributed by atoms with Crippen molar-refractivity contribution in [2.24, 2.45) is 5.92 Å². The Kier molecular flexibility index (Phi) is 11.1. The molecule has 2 aromatic rings. The highest BCUT2D eigenvalue weighted by Gasteiger charge is 2.35. The first kappa shape index (κ1) is 30.6. The van der Waals surface area contributed by atoms with Crippen LogP contribution in [0.2, 0.25) is 0 Å². The van der Waals surface area contributed by atoms with Gasteiger partial charge >= 0.3 is 6.09 Å². The summed E-state index contributed by atoms with van der Waals surface area (Å²) < 4.78 is 5.31. The number of ether oxygens (including phenoxy) is 1. The van der Waals surface area contributed by atoms with Gasteiger partial charge in [0.2, 0.25) is 5.91 Å². The van der Waals surface area contributed by atoms with Crippen LogP contribution in [0.25, 0.3) is 6.08 Å². The second kappa shape index (κ2) is 13.8. The third-order valence-electron chi connectivity index (χ3n) is 6.10. The largest absolute Gasteiger partial charge is 0.444 e. The maximum atomic E-state index is 13.9. The Morgan fingerprint density at radius 2 is 1.71 bits per heavy atom. The van der Waals surface area contributed by atoms with Crippen LogP contribution in [0.4, 0.5) is 10.5 Å². The van der Waals surface area contributed by atoms with E-state index in [-0.39, 0.29) is 24.4 Å². The number of hydrogen-bond donors (Lipinski definition) is 2. The standard InChI is InChI=1S/C31H43N3O4/c1-9-24-14-12-15-25(19-24)28(29(36)33-26-16-11-10-13-22(26)4)34(23(5)18-17-21(2)3)27(35)20-32-30(37)38-31(6,7)8/h9-16,19,21,23,28H,1,17-18,20H2,2-8H3,(H,32,37)(H,33,36). The van der Waals surface area contributed by atoms with Crippen molar-refractivity contribution in [3.63, 3.8) is 0 Å². The molecule has 38 heavy (non-hydrogen) atoms. The fourth-order valence-corrected chi connectivity index (χ4v) is 4.12. The van der Waals surface area contributed by atoms with Crippen LogP contribution in [0.3, 0.4) is 0 Å². The number of aryl methyl sites for hydroxylation is 1. The van der Waals surface area contributed by atoms with E-state index in [2.05, 4.69) is 31.1 Å². The first-order chi connectivity index (χ1) is 17.8. The van der Waals surface area contributed by atoms with E-state index in [9.17, 15) is 14.4 Å². The van der Waals surface area contributed by atoms with Crippen LogP contribution in [0.1, 0.15) is 77.1 Å². The second-order valence-corrected chi connectivity index (χ2v) is 11.1. The van der Waals surface area contributed by atoms with E-state index in [4.69, 9.17) is 4.74 Å². The van der Waals surface area contributed by atoms with E-state index >= 15 is 0 Å². The molecule has 0 aliphatic heterocycles. The molecule has 3 amide bonds. The summed E-state index contributed by atoms with van der Waals surface area (Å²) >= 11 is 0. The molecule has 0 saturated heterocycles. The van der Waals surface area contributed by atoms with Crippen molar-refractivity contribution in [3.05, 3.63) is 71.8 Å². The Balaban J connectivity index is 2.50. The average Bonchev–Trinajstić information content (AvgIpc) is 2.84. The van der Waals surface area contributed by atoms with Gasteiger partial charge in [-0.05, 0) is 82.2 Å². The lowest BCUT2D eigenvalue weighted by atomic mass is 9.97. The van der Waals surface area contributed by atoms with Gasteiger partial charge in [-0.15, -0.1) is 0 Å². The van der Waals surface area contributed by atoms with Gasteiger partial charge in [-0.3, -0.25) is 9.59 Å². The summed E-state index contributed by atoms with van der Waals surface area (Å²) in [5.74, 6) is -0.277. The maximum Gasteiger partial charge on any atom is 0.408 e. The smallest absolute Gasteiger partial charge is 0.408 e. The van der Waals surface area contributed by atoms with E-state index in [1.54, 1.807) is 31.7 Å². The highest BCUT2D eigenvalue weighted by Crippen LogP contribution is 2.29.